The average Bonchev–Trinajstić information content (AvgIpc) is 2.19. The quantitative estimate of drug-likeness (QED) is 0.493. The highest BCUT2D eigenvalue weighted by molar-refractivity contribution is 5.56. The summed E-state index contributed by atoms with van der Waals surface area (Å²) in [6.07, 6.45) is 5.40. The van der Waals surface area contributed by atoms with Crippen molar-refractivity contribution in [2.45, 2.75) is 6.92 Å². The zero-order valence-electron chi connectivity index (χ0n) is 4.63. The van der Waals surface area contributed by atoms with Gasteiger partial charge in [-0.25, -0.2) is 5.53 Å². The molecular weight excluding hydrogens is 104 g/mol. The molecule has 4 nitrogen and oxygen atoms in total. The molecule has 44 valence electrons. The number of nitrogens with zero attached hydrogens (tertiary/aromatic N) is 2. The van der Waals surface area contributed by atoms with Gasteiger partial charge in [0.1, 0.15) is 6.34 Å². The summed E-state index contributed by atoms with van der Waals surface area (Å²) in [5.41, 5.74) is 5.28. The van der Waals surface area contributed by atoms with E-state index in [1.165, 1.54) is 0 Å². The van der Waals surface area contributed by atoms with Crippen LogP contribution in [-0.2, 0) is 0 Å². The van der Waals surface area contributed by atoms with Crippen molar-refractivity contribution >= 4 is 6.34 Å². The molecule has 1 aliphatic heterocycles. The number of hydrogen-bond donors (Lipinski definition) is 2. The van der Waals surface area contributed by atoms with Crippen LogP contribution < -0.4 is 11.1 Å². The number of hydrazine groups is 2. The molecule has 4 heteroatoms. The molecule has 0 aliphatic carbocycles. The fourth-order valence-electron chi connectivity index (χ4n) is 0.443. The molecule has 2 N–H and O–H groups in total. The number of nitrogens with one attached hydrogen (secondary N) is 2. The Bertz CT molecular complexity index is 117. The van der Waals surface area contributed by atoms with Gasteiger partial charge >= 0.3 is 0 Å². The number of hydrogen-bond acceptors (Lipinski definition) is 4. The first-order valence-electron chi connectivity index (χ1n) is 2.38. The first-order chi connectivity index (χ1) is 3.93. The lowest BCUT2D eigenvalue weighted by atomic mass is 10.7. The smallest absolute Gasteiger partial charge is 0.132 e. The fraction of sp³-hybridized carbons (Fsp3) is 0.250. The Labute approximate surface area is 47.8 Å². The van der Waals surface area contributed by atoms with Gasteiger partial charge in [0.15, 0.2) is 0 Å². The Morgan fingerprint density at radius 2 is 2.62 bits per heavy atom. The van der Waals surface area contributed by atoms with E-state index < -0.39 is 0 Å². The van der Waals surface area contributed by atoms with E-state index in [0.29, 0.717) is 0 Å². The van der Waals surface area contributed by atoms with E-state index in [9.17, 15) is 0 Å². The molecule has 1 rings (SSSR count). The summed E-state index contributed by atoms with van der Waals surface area (Å²) >= 11 is 0. The van der Waals surface area contributed by atoms with Crippen LogP contribution in [-0.4, -0.2) is 11.3 Å². The maximum absolute atomic E-state index is 3.67. The maximum atomic E-state index is 3.67. The van der Waals surface area contributed by atoms with Crippen LogP contribution >= 0.6 is 0 Å². The third-order valence-electron chi connectivity index (χ3n) is 0.735. The maximum Gasteiger partial charge on any atom is 0.132 e. The van der Waals surface area contributed by atoms with Gasteiger partial charge in [-0.15, -0.1) is 5.53 Å². The number of rotatable bonds is 1. The van der Waals surface area contributed by atoms with Crippen LogP contribution in [0.1, 0.15) is 6.92 Å². The molecular formula is C4H8N4. The highest BCUT2D eigenvalue weighted by Crippen LogP contribution is 1.81. The largest absolute Gasteiger partial charge is 0.253 e. The van der Waals surface area contributed by atoms with Gasteiger partial charge in [-0.3, -0.25) is 5.01 Å². The van der Waals surface area contributed by atoms with E-state index in [1.807, 2.05) is 19.2 Å². The van der Waals surface area contributed by atoms with E-state index >= 15 is 0 Å². The normalized spacial score (nSPS) is 17.9. The molecule has 0 fully saturated rings. The Morgan fingerprint density at radius 1 is 1.75 bits per heavy atom. The summed E-state index contributed by atoms with van der Waals surface area (Å²) in [5, 5.41) is 5.38. The predicted octanol–water partition coefficient (Wildman–Crippen LogP) is -0.212. The van der Waals surface area contributed by atoms with Crippen molar-refractivity contribution in [1.29, 1.82) is 0 Å². The number of allylic oxidation sites excluding steroid dienone is 1. The monoisotopic (exact) mass is 112 g/mol. The fourth-order valence-corrected chi connectivity index (χ4v) is 0.443. The van der Waals surface area contributed by atoms with Crippen LogP contribution in [0.15, 0.2) is 17.4 Å². The number of hydrazone groups is 1. The van der Waals surface area contributed by atoms with Crippen LogP contribution in [0.2, 0.25) is 0 Å². The Hall–Kier alpha value is -1.03. The highest BCUT2D eigenvalue weighted by atomic mass is 15.8. The van der Waals surface area contributed by atoms with E-state index in [0.717, 1.165) is 0 Å². The topological polar surface area (TPSA) is 39.7 Å². The minimum Gasteiger partial charge on any atom is -0.253 e. The van der Waals surface area contributed by atoms with Gasteiger partial charge in [0.2, 0.25) is 0 Å². The molecule has 1 heterocycles. The average molecular weight is 112 g/mol. The summed E-state index contributed by atoms with van der Waals surface area (Å²) in [5.74, 6) is 0. The van der Waals surface area contributed by atoms with Crippen molar-refractivity contribution in [2.75, 3.05) is 0 Å². The van der Waals surface area contributed by atoms with E-state index in [4.69, 9.17) is 0 Å². The summed E-state index contributed by atoms with van der Waals surface area (Å²) in [4.78, 5) is 0. The lowest BCUT2D eigenvalue weighted by Gasteiger charge is -2.04. The van der Waals surface area contributed by atoms with Gasteiger partial charge in [0, 0.05) is 6.20 Å². The molecule has 0 saturated carbocycles. The minimum atomic E-state index is 1.64. The van der Waals surface area contributed by atoms with Crippen LogP contribution in [0, 0.1) is 0 Å². The first kappa shape index (κ1) is 5.11. The third kappa shape index (κ3) is 0.974. The molecule has 0 saturated heterocycles. The molecule has 0 amide bonds. The summed E-state index contributed by atoms with van der Waals surface area (Å²) < 4.78 is 0. The SMILES string of the molecule is C/C=C/N1C=NNN1. The van der Waals surface area contributed by atoms with E-state index in [-0.39, 0.29) is 0 Å². The second kappa shape index (κ2) is 2.32. The second-order valence-electron chi connectivity index (χ2n) is 1.36. The van der Waals surface area contributed by atoms with Crippen molar-refractivity contribution in [3.05, 3.63) is 12.3 Å². The molecule has 0 radical (unpaired) electrons. The Balaban J connectivity index is 2.36. The van der Waals surface area contributed by atoms with E-state index in [2.05, 4.69) is 16.2 Å². The molecule has 0 aromatic rings. The summed E-state index contributed by atoms with van der Waals surface area (Å²) in [6, 6.07) is 0. The molecule has 0 spiro atoms. The minimum absolute atomic E-state index is 1.64. The highest BCUT2D eigenvalue weighted by Gasteiger charge is 1.94. The van der Waals surface area contributed by atoms with Crippen LogP contribution in [0.4, 0.5) is 0 Å². The molecule has 0 aromatic heterocycles. The second-order valence-corrected chi connectivity index (χ2v) is 1.36. The molecule has 1 aliphatic rings. The molecule has 0 bridgehead atoms. The van der Waals surface area contributed by atoms with Crippen LogP contribution in [0.25, 0.3) is 0 Å². The van der Waals surface area contributed by atoms with Crippen molar-refractivity contribution in [3.63, 3.8) is 0 Å². The van der Waals surface area contributed by atoms with E-state index in [1.54, 1.807) is 11.3 Å². The molecule has 0 atom stereocenters. The van der Waals surface area contributed by atoms with Crippen molar-refractivity contribution in [3.8, 4) is 0 Å². The van der Waals surface area contributed by atoms with Crippen LogP contribution in [0.3, 0.4) is 0 Å². The van der Waals surface area contributed by atoms with Crippen molar-refractivity contribution in [2.24, 2.45) is 5.10 Å². The van der Waals surface area contributed by atoms with Gasteiger partial charge in [0.05, 0.1) is 0 Å². The van der Waals surface area contributed by atoms with Crippen molar-refractivity contribution < 1.29 is 0 Å². The predicted molar refractivity (Wildman–Crippen MR) is 31.4 cm³/mol. The molecule has 0 unspecified atom stereocenters. The van der Waals surface area contributed by atoms with Gasteiger partial charge in [0.25, 0.3) is 0 Å². The van der Waals surface area contributed by atoms with Crippen molar-refractivity contribution in [1.82, 2.24) is 16.1 Å². The zero-order valence-corrected chi connectivity index (χ0v) is 4.63. The zero-order chi connectivity index (χ0) is 5.82. The van der Waals surface area contributed by atoms with Gasteiger partial charge < -0.3 is 0 Å². The third-order valence-corrected chi connectivity index (χ3v) is 0.735. The van der Waals surface area contributed by atoms with Gasteiger partial charge in [-0.1, -0.05) is 6.08 Å². The Morgan fingerprint density at radius 3 is 3.12 bits per heavy atom. The lowest BCUT2D eigenvalue weighted by molar-refractivity contribution is 0.387. The van der Waals surface area contributed by atoms with Gasteiger partial charge in [-0.2, -0.15) is 5.10 Å². The van der Waals surface area contributed by atoms with Gasteiger partial charge in [-0.05, 0) is 6.92 Å². The summed E-state index contributed by atoms with van der Waals surface area (Å²) in [7, 11) is 0. The van der Waals surface area contributed by atoms with Crippen LogP contribution in [0.5, 0.6) is 0 Å². The lowest BCUT2D eigenvalue weighted by Crippen LogP contribution is -2.32. The molecule has 8 heavy (non-hydrogen) atoms. The standard InChI is InChI=1S/C4H8N4/c1-2-3-8-4-5-6-7-8/h2-4,6-7H,1H3/b3-2+. The first-order valence-corrected chi connectivity index (χ1v) is 2.38. The Kier molecular flexibility index (Phi) is 1.48. The summed E-state index contributed by atoms with van der Waals surface area (Å²) in [6.45, 7) is 1.94. The molecule has 0 aromatic carbocycles.